The second-order valence-corrected chi connectivity index (χ2v) is 7.12. The predicted octanol–water partition coefficient (Wildman–Crippen LogP) is 1.62. The molecular formula is C18H26N4O3. The molecule has 2 saturated heterocycles. The van der Waals surface area contributed by atoms with E-state index in [1.165, 1.54) is 12.8 Å². The lowest BCUT2D eigenvalue weighted by atomic mass is 10.0. The Morgan fingerprint density at radius 3 is 2.60 bits per heavy atom. The molecule has 7 nitrogen and oxygen atoms in total. The van der Waals surface area contributed by atoms with Crippen LogP contribution in [0.25, 0.3) is 0 Å². The Morgan fingerprint density at radius 1 is 1.20 bits per heavy atom. The zero-order valence-corrected chi connectivity index (χ0v) is 14.8. The van der Waals surface area contributed by atoms with Crippen molar-refractivity contribution in [1.29, 1.82) is 0 Å². The van der Waals surface area contributed by atoms with Gasteiger partial charge in [0.2, 0.25) is 5.88 Å². The van der Waals surface area contributed by atoms with E-state index in [-0.39, 0.29) is 12.0 Å². The number of ether oxygens (including phenoxy) is 2. The lowest BCUT2D eigenvalue weighted by Gasteiger charge is -2.40. The summed E-state index contributed by atoms with van der Waals surface area (Å²) in [4.78, 5) is 25.5. The van der Waals surface area contributed by atoms with Crippen LogP contribution in [0.4, 0.5) is 5.82 Å². The van der Waals surface area contributed by atoms with Crippen LogP contribution in [0.3, 0.4) is 0 Å². The number of piperidine rings is 1. The molecule has 7 heteroatoms. The third-order valence-electron chi connectivity index (χ3n) is 5.42. The van der Waals surface area contributed by atoms with Gasteiger partial charge in [0.05, 0.1) is 7.11 Å². The fraction of sp³-hybridized carbons (Fsp3) is 0.722. The van der Waals surface area contributed by atoms with Crippen molar-refractivity contribution >= 4 is 11.7 Å². The van der Waals surface area contributed by atoms with Gasteiger partial charge in [-0.25, -0.2) is 9.97 Å². The van der Waals surface area contributed by atoms with Gasteiger partial charge in [0, 0.05) is 37.8 Å². The van der Waals surface area contributed by atoms with Gasteiger partial charge in [-0.05, 0) is 38.5 Å². The number of aromatic nitrogens is 2. The van der Waals surface area contributed by atoms with Gasteiger partial charge in [0.15, 0.2) is 0 Å². The molecule has 25 heavy (non-hydrogen) atoms. The van der Waals surface area contributed by atoms with Gasteiger partial charge in [0.25, 0.3) is 5.91 Å². The first-order valence-corrected chi connectivity index (χ1v) is 9.31. The van der Waals surface area contributed by atoms with E-state index in [0.717, 1.165) is 51.2 Å². The van der Waals surface area contributed by atoms with E-state index in [9.17, 15) is 4.79 Å². The molecule has 3 fully saturated rings. The average molecular weight is 346 g/mol. The minimum absolute atomic E-state index is 0.178. The number of nitrogens with zero attached hydrogens (tertiary/aromatic N) is 4. The number of hydrogen-bond acceptors (Lipinski definition) is 6. The van der Waals surface area contributed by atoms with Crippen molar-refractivity contribution in [3.63, 3.8) is 0 Å². The average Bonchev–Trinajstić information content (AvgIpc) is 3.33. The van der Waals surface area contributed by atoms with Crippen LogP contribution in [0.15, 0.2) is 12.4 Å². The van der Waals surface area contributed by atoms with Gasteiger partial charge in [-0.1, -0.05) is 0 Å². The lowest BCUT2D eigenvalue weighted by molar-refractivity contribution is -0.142. The van der Waals surface area contributed by atoms with Crippen molar-refractivity contribution < 1.29 is 14.3 Å². The summed E-state index contributed by atoms with van der Waals surface area (Å²) in [6.07, 6.45) is 7.60. The monoisotopic (exact) mass is 346 g/mol. The number of rotatable bonds is 5. The standard InChI is InChI=1S/C18H26N4O3/c1-24-17-11-16(19-12-20-17)22(13-4-5-13)14-6-8-21(9-7-14)18(23)15-3-2-10-25-15/h11-15H,2-10H2,1H3. The van der Waals surface area contributed by atoms with Crippen LogP contribution in [-0.4, -0.2) is 65.8 Å². The minimum Gasteiger partial charge on any atom is -0.481 e. The largest absolute Gasteiger partial charge is 0.481 e. The fourth-order valence-electron chi connectivity index (χ4n) is 3.95. The molecule has 3 heterocycles. The summed E-state index contributed by atoms with van der Waals surface area (Å²) in [6.45, 7) is 2.32. The van der Waals surface area contributed by atoms with Crippen LogP contribution in [0.2, 0.25) is 0 Å². The first-order chi connectivity index (χ1) is 12.3. The molecule has 1 amide bonds. The van der Waals surface area contributed by atoms with Gasteiger partial charge < -0.3 is 19.3 Å². The highest BCUT2D eigenvalue weighted by atomic mass is 16.5. The Kier molecular flexibility index (Phi) is 4.74. The van der Waals surface area contributed by atoms with Crippen LogP contribution in [-0.2, 0) is 9.53 Å². The molecule has 2 aliphatic heterocycles. The number of carbonyl (C=O) groups is 1. The molecule has 1 atom stereocenters. The van der Waals surface area contributed by atoms with E-state index in [1.807, 2.05) is 11.0 Å². The van der Waals surface area contributed by atoms with E-state index in [2.05, 4.69) is 14.9 Å². The second kappa shape index (κ2) is 7.15. The van der Waals surface area contributed by atoms with Crippen molar-refractivity contribution in [2.75, 3.05) is 31.7 Å². The molecule has 1 saturated carbocycles. The summed E-state index contributed by atoms with van der Waals surface area (Å²) < 4.78 is 10.8. The van der Waals surface area contributed by atoms with E-state index >= 15 is 0 Å². The van der Waals surface area contributed by atoms with Crippen molar-refractivity contribution in [1.82, 2.24) is 14.9 Å². The Hall–Kier alpha value is -1.89. The van der Waals surface area contributed by atoms with Gasteiger partial charge in [-0.3, -0.25) is 4.79 Å². The number of amides is 1. The molecule has 0 radical (unpaired) electrons. The molecule has 0 aromatic carbocycles. The van der Waals surface area contributed by atoms with E-state index in [4.69, 9.17) is 9.47 Å². The zero-order valence-electron chi connectivity index (χ0n) is 14.8. The summed E-state index contributed by atoms with van der Waals surface area (Å²) in [7, 11) is 1.63. The van der Waals surface area contributed by atoms with Crippen molar-refractivity contribution in [2.45, 2.75) is 56.7 Å². The highest BCUT2D eigenvalue weighted by Crippen LogP contribution is 2.36. The topological polar surface area (TPSA) is 67.8 Å². The minimum atomic E-state index is -0.206. The molecule has 4 rings (SSSR count). The maximum atomic E-state index is 12.5. The fourth-order valence-corrected chi connectivity index (χ4v) is 3.95. The third-order valence-corrected chi connectivity index (χ3v) is 5.42. The van der Waals surface area contributed by atoms with Crippen LogP contribution in [0.5, 0.6) is 5.88 Å². The quantitative estimate of drug-likeness (QED) is 0.807. The first kappa shape index (κ1) is 16.6. The maximum absolute atomic E-state index is 12.5. The second-order valence-electron chi connectivity index (χ2n) is 7.12. The normalized spacial score (nSPS) is 24.4. The van der Waals surface area contributed by atoms with Gasteiger partial charge >= 0.3 is 0 Å². The van der Waals surface area contributed by atoms with Crippen LogP contribution >= 0.6 is 0 Å². The predicted molar refractivity (Wildman–Crippen MR) is 92.7 cm³/mol. The number of likely N-dealkylation sites (tertiary alicyclic amines) is 1. The van der Waals surface area contributed by atoms with Crippen molar-refractivity contribution in [3.05, 3.63) is 12.4 Å². The number of hydrogen-bond donors (Lipinski definition) is 0. The van der Waals surface area contributed by atoms with Gasteiger partial charge in [-0.2, -0.15) is 0 Å². The molecule has 1 unspecified atom stereocenters. The van der Waals surface area contributed by atoms with Crippen LogP contribution in [0.1, 0.15) is 38.5 Å². The molecule has 0 N–H and O–H groups in total. The number of anilines is 1. The molecule has 0 bridgehead atoms. The van der Waals surface area contributed by atoms with Crippen molar-refractivity contribution in [3.8, 4) is 5.88 Å². The Labute approximate surface area is 148 Å². The van der Waals surface area contributed by atoms with E-state index in [1.54, 1.807) is 13.4 Å². The van der Waals surface area contributed by atoms with E-state index < -0.39 is 0 Å². The third kappa shape index (κ3) is 3.56. The Morgan fingerprint density at radius 2 is 1.96 bits per heavy atom. The Balaban J connectivity index is 1.41. The SMILES string of the molecule is COc1cc(N(C2CC2)C2CCN(C(=O)C3CCCO3)CC2)ncn1. The summed E-state index contributed by atoms with van der Waals surface area (Å²) in [5.41, 5.74) is 0. The number of carbonyl (C=O) groups excluding carboxylic acids is 1. The van der Waals surface area contributed by atoms with Crippen LogP contribution in [0, 0.1) is 0 Å². The molecule has 1 aromatic rings. The van der Waals surface area contributed by atoms with Gasteiger partial charge in [-0.15, -0.1) is 0 Å². The number of methoxy groups -OCH3 is 1. The zero-order chi connectivity index (χ0) is 17.2. The highest BCUT2D eigenvalue weighted by molar-refractivity contribution is 5.81. The highest BCUT2D eigenvalue weighted by Gasteiger charge is 2.38. The summed E-state index contributed by atoms with van der Waals surface area (Å²) in [5.74, 6) is 1.72. The summed E-state index contributed by atoms with van der Waals surface area (Å²) >= 11 is 0. The summed E-state index contributed by atoms with van der Waals surface area (Å²) in [6, 6.07) is 2.90. The molecule has 3 aliphatic rings. The molecule has 136 valence electrons. The van der Waals surface area contributed by atoms with Crippen molar-refractivity contribution in [2.24, 2.45) is 0 Å². The smallest absolute Gasteiger partial charge is 0.251 e. The molecule has 1 aliphatic carbocycles. The maximum Gasteiger partial charge on any atom is 0.251 e. The molecular weight excluding hydrogens is 320 g/mol. The van der Waals surface area contributed by atoms with Crippen LogP contribution < -0.4 is 9.64 Å². The van der Waals surface area contributed by atoms with Gasteiger partial charge in [0.1, 0.15) is 18.2 Å². The molecule has 1 aromatic heterocycles. The van der Waals surface area contributed by atoms with E-state index in [0.29, 0.717) is 18.0 Å². The molecule has 0 spiro atoms. The summed E-state index contributed by atoms with van der Waals surface area (Å²) in [5, 5.41) is 0. The Bertz CT molecular complexity index is 608. The first-order valence-electron chi connectivity index (χ1n) is 9.31. The lowest BCUT2D eigenvalue weighted by Crippen LogP contribution is -2.50.